The van der Waals surface area contributed by atoms with E-state index < -0.39 is 0 Å². The van der Waals surface area contributed by atoms with Crippen LogP contribution in [-0.4, -0.2) is 29.2 Å². The minimum absolute atomic E-state index is 0.266. The SMILES string of the molecule is CC1CCN(Cc2ccc(N)cc2F)CC1O. The van der Waals surface area contributed by atoms with Crippen molar-refractivity contribution >= 4 is 5.69 Å². The Morgan fingerprint density at radius 3 is 2.94 bits per heavy atom. The fourth-order valence-electron chi connectivity index (χ4n) is 2.19. The molecule has 0 saturated carbocycles. The Balaban J connectivity index is 2.01. The van der Waals surface area contributed by atoms with Gasteiger partial charge in [-0.3, -0.25) is 4.90 Å². The van der Waals surface area contributed by atoms with Gasteiger partial charge in [0.1, 0.15) is 5.82 Å². The van der Waals surface area contributed by atoms with Crippen LogP contribution in [0.4, 0.5) is 10.1 Å². The second-order valence-electron chi connectivity index (χ2n) is 4.92. The van der Waals surface area contributed by atoms with Gasteiger partial charge in [-0.25, -0.2) is 4.39 Å². The molecule has 2 unspecified atom stereocenters. The van der Waals surface area contributed by atoms with Crippen LogP contribution in [0.1, 0.15) is 18.9 Å². The van der Waals surface area contributed by atoms with Crippen LogP contribution >= 0.6 is 0 Å². The highest BCUT2D eigenvalue weighted by Gasteiger charge is 2.24. The molecule has 1 aliphatic rings. The van der Waals surface area contributed by atoms with E-state index in [1.54, 1.807) is 12.1 Å². The molecule has 1 aromatic rings. The molecule has 1 heterocycles. The number of hydrogen-bond acceptors (Lipinski definition) is 3. The maximum absolute atomic E-state index is 13.6. The summed E-state index contributed by atoms with van der Waals surface area (Å²) in [6.45, 7) is 4.11. The average molecular weight is 238 g/mol. The topological polar surface area (TPSA) is 49.5 Å². The van der Waals surface area contributed by atoms with Gasteiger partial charge in [0, 0.05) is 24.3 Å². The van der Waals surface area contributed by atoms with Crippen LogP contribution in [0.3, 0.4) is 0 Å². The number of hydrogen-bond donors (Lipinski definition) is 2. The van der Waals surface area contributed by atoms with E-state index in [4.69, 9.17) is 5.73 Å². The quantitative estimate of drug-likeness (QED) is 0.770. The first-order chi connectivity index (χ1) is 8.06. The number of aliphatic hydroxyl groups excluding tert-OH is 1. The molecular formula is C13H19FN2O. The van der Waals surface area contributed by atoms with Crippen molar-refractivity contribution in [2.45, 2.75) is 26.0 Å². The van der Waals surface area contributed by atoms with Crippen molar-refractivity contribution in [1.82, 2.24) is 4.90 Å². The van der Waals surface area contributed by atoms with E-state index in [9.17, 15) is 9.50 Å². The number of piperidine rings is 1. The lowest BCUT2D eigenvalue weighted by Crippen LogP contribution is -2.42. The minimum atomic E-state index is -0.305. The van der Waals surface area contributed by atoms with Gasteiger partial charge in [-0.15, -0.1) is 0 Å². The Morgan fingerprint density at radius 1 is 1.53 bits per heavy atom. The van der Waals surface area contributed by atoms with Crippen molar-refractivity contribution in [3.8, 4) is 0 Å². The van der Waals surface area contributed by atoms with Gasteiger partial charge in [0.05, 0.1) is 6.10 Å². The van der Waals surface area contributed by atoms with Crippen LogP contribution in [0.25, 0.3) is 0 Å². The normalized spacial score (nSPS) is 26.1. The summed E-state index contributed by atoms with van der Waals surface area (Å²) in [5, 5.41) is 9.78. The third kappa shape index (κ3) is 2.96. The van der Waals surface area contributed by atoms with Crippen LogP contribution in [0.15, 0.2) is 18.2 Å². The molecule has 94 valence electrons. The predicted molar refractivity (Wildman–Crippen MR) is 65.9 cm³/mol. The van der Waals surface area contributed by atoms with E-state index in [1.807, 2.05) is 6.92 Å². The van der Waals surface area contributed by atoms with Crippen molar-refractivity contribution in [3.05, 3.63) is 29.6 Å². The van der Waals surface area contributed by atoms with Crippen LogP contribution in [-0.2, 0) is 6.54 Å². The highest BCUT2D eigenvalue weighted by atomic mass is 19.1. The number of nitrogen functional groups attached to an aromatic ring is 1. The largest absolute Gasteiger partial charge is 0.399 e. The Labute approximate surface area is 101 Å². The van der Waals surface area contributed by atoms with E-state index in [2.05, 4.69) is 4.90 Å². The number of benzene rings is 1. The number of likely N-dealkylation sites (tertiary alicyclic amines) is 1. The lowest BCUT2D eigenvalue weighted by molar-refractivity contribution is 0.0255. The summed E-state index contributed by atoms with van der Waals surface area (Å²) in [5.74, 6) is 0.0700. The standard InChI is InChI=1S/C13H19FN2O/c1-9-4-5-16(8-13(9)17)7-10-2-3-11(15)6-12(10)14/h2-3,6,9,13,17H,4-5,7-8,15H2,1H3. The van der Waals surface area contributed by atoms with Crippen LogP contribution in [0.5, 0.6) is 0 Å². The van der Waals surface area contributed by atoms with Gasteiger partial charge in [-0.1, -0.05) is 13.0 Å². The first-order valence-electron chi connectivity index (χ1n) is 6.00. The molecular weight excluding hydrogens is 219 g/mol. The van der Waals surface area contributed by atoms with Crippen LogP contribution in [0.2, 0.25) is 0 Å². The summed E-state index contributed by atoms with van der Waals surface area (Å²) in [7, 11) is 0. The summed E-state index contributed by atoms with van der Waals surface area (Å²) in [6.07, 6.45) is 0.651. The number of nitrogens with two attached hydrogens (primary N) is 1. The molecule has 0 bridgehead atoms. The Bertz CT molecular complexity index is 397. The van der Waals surface area contributed by atoms with Gasteiger partial charge in [0.25, 0.3) is 0 Å². The lowest BCUT2D eigenvalue weighted by atomic mass is 9.96. The molecule has 0 aliphatic carbocycles. The zero-order valence-electron chi connectivity index (χ0n) is 10.1. The molecule has 1 saturated heterocycles. The fraction of sp³-hybridized carbons (Fsp3) is 0.538. The highest BCUT2D eigenvalue weighted by molar-refractivity contribution is 5.40. The number of nitrogens with zero attached hydrogens (tertiary/aromatic N) is 1. The van der Waals surface area contributed by atoms with Crippen LogP contribution in [0, 0.1) is 11.7 Å². The lowest BCUT2D eigenvalue weighted by Gasteiger charge is -2.34. The molecule has 2 atom stereocenters. The van der Waals surface area contributed by atoms with Crippen molar-refractivity contribution in [2.75, 3.05) is 18.8 Å². The van der Waals surface area contributed by atoms with E-state index in [-0.39, 0.29) is 11.9 Å². The van der Waals surface area contributed by atoms with Crippen molar-refractivity contribution in [2.24, 2.45) is 5.92 Å². The summed E-state index contributed by atoms with van der Waals surface area (Å²) in [6, 6.07) is 4.77. The molecule has 1 aromatic carbocycles. The minimum Gasteiger partial charge on any atom is -0.399 e. The molecule has 0 radical (unpaired) electrons. The van der Waals surface area contributed by atoms with Crippen molar-refractivity contribution in [1.29, 1.82) is 0 Å². The zero-order chi connectivity index (χ0) is 12.4. The molecule has 0 amide bonds. The third-order valence-electron chi connectivity index (χ3n) is 3.47. The average Bonchev–Trinajstić information content (AvgIpc) is 2.27. The number of aliphatic hydroxyl groups is 1. The highest BCUT2D eigenvalue weighted by Crippen LogP contribution is 2.20. The molecule has 0 aromatic heterocycles. The van der Waals surface area contributed by atoms with Crippen molar-refractivity contribution < 1.29 is 9.50 Å². The number of halogens is 1. The maximum atomic E-state index is 13.6. The van der Waals surface area contributed by atoms with E-state index in [0.29, 0.717) is 30.3 Å². The third-order valence-corrected chi connectivity index (χ3v) is 3.47. The molecule has 1 fully saturated rings. The van der Waals surface area contributed by atoms with Gasteiger partial charge in [0.2, 0.25) is 0 Å². The molecule has 17 heavy (non-hydrogen) atoms. The number of rotatable bonds is 2. The summed E-state index contributed by atoms with van der Waals surface area (Å²) in [5.41, 5.74) is 6.59. The van der Waals surface area contributed by atoms with Crippen LogP contribution < -0.4 is 5.73 Å². The molecule has 2 rings (SSSR count). The Hall–Kier alpha value is -1.13. The summed E-state index contributed by atoms with van der Waals surface area (Å²) < 4.78 is 13.6. The fourth-order valence-corrected chi connectivity index (χ4v) is 2.19. The number of β-amino-alcohol motifs (C(OH)–C–C–N with tert-alkyl or cyclic N) is 1. The molecule has 1 aliphatic heterocycles. The molecule has 3 N–H and O–H groups in total. The monoisotopic (exact) mass is 238 g/mol. The predicted octanol–water partition coefficient (Wildman–Crippen LogP) is 1.61. The van der Waals surface area contributed by atoms with Gasteiger partial charge in [-0.2, -0.15) is 0 Å². The molecule has 3 nitrogen and oxygen atoms in total. The van der Waals surface area contributed by atoms with E-state index in [1.165, 1.54) is 6.07 Å². The molecule has 0 spiro atoms. The molecule has 4 heteroatoms. The van der Waals surface area contributed by atoms with E-state index >= 15 is 0 Å². The van der Waals surface area contributed by atoms with E-state index in [0.717, 1.165) is 13.0 Å². The van der Waals surface area contributed by atoms with Crippen molar-refractivity contribution in [3.63, 3.8) is 0 Å². The number of anilines is 1. The first-order valence-corrected chi connectivity index (χ1v) is 6.00. The Morgan fingerprint density at radius 2 is 2.29 bits per heavy atom. The smallest absolute Gasteiger partial charge is 0.129 e. The van der Waals surface area contributed by atoms with Gasteiger partial charge < -0.3 is 10.8 Å². The zero-order valence-corrected chi connectivity index (χ0v) is 10.1. The second-order valence-corrected chi connectivity index (χ2v) is 4.92. The summed E-state index contributed by atoms with van der Waals surface area (Å²) in [4.78, 5) is 2.08. The Kier molecular flexibility index (Phi) is 3.64. The summed E-state index contributed by atoms with van der Waals surface area (Å²) >= 11 is 0. The van der Waals surface area contributed by atoms with Gasteiger partial charge in [-0.05, 0) is 31.0 Å². The van der Waals surface area contributed by atoms with Gasteiger partial charge in [0.15, 0.2) is 0 Å². The van der Waals surface area contributed by atoms with Gasteiger partial charge >= 0.3 is 0 Å². The second kappa shape index (κ2) is 5.02. The maximum Gasteiger partial charge on any atom is 0.129 e. The first kappa shape index (κ1) is 12.3.